The highest BCUT2D eigenvalue weighted by atomic mass is 16.1. The normalized spacial score (nSPS) is 31.8. The number of rotatable bonds is 2. The fraction of sp³-hybridized carbons (Fsp3) is 0.500. The van der Waals surface area contributed by atoms with Crippen molar-refractivity contribution in [3.63, 3.8) is 0 Å². The predicted octanol–water partition coefficient (Wildman–Crippen LogP) is 0.582. The summed E-state index contributed by atoms with van der Waals surface area (Å²) in [5.41, 5.74) is 4.95. The Morgan fingerprint density at radius 3 is 2.85 bits per heavy atom. The van der Waals surface area contributed by atoms with E-state index in [1.54, 1.807) is 0 Å². The van der Waals surface area contributed by atoms with E-state index in [9.17, 15) is 4.79 Å². The van der Waals surface area contributed by atoms with Crippen LogP contribution in [-0.2, 0) is 4.79 Å². The zero-order valence-corrected chi connectivity index (χ0v) is 8.08. The third kappa shape index (κ3) is 2.18. The Labute approximate surface area is 78.7 Å². The van der Waals surface area contributed by atoms with E-state index in [-0.39, 0.29) is 18.0 Å². The summed E-state index contributed by atoms with van der Waals surface area (Å²) in [4.78, 5) is 11.1. The average Bonchev–Trinajstić information content (AvgIpc) is 2.10. The van der Waals surface area contributed by atoms with Gasteiger partial charge >= 0.3 is 0 Å². The topological polar surface area (TPSA) is 55.1 Å². The quantitative estimate of drug-likeness (QED) is 0.653. The van der Waals surface area contributed by atoms with E-state index >= 15 is 0 Å². The summed E-state index contributed by atoms with van der Waals surface area (Å²) in [7, 11) is 0. The molecule has 3 N–H and O–H groups in total. The molecule has 1 aliphatic carbocycles. The maximum atomic E-state index is 11.1. The van der Waals surface area contributed by atoms with E-state index in [1.807, 2.05) is 25.2 Å². The Hall–Kier alpha value is -1.09. The first kappa shape index (κ1) is 9.99. The lowest BCUT2D eigenvalue weighted by molar-refractivity contribution is -0.121. The van der Waals surface area contributed by atoms with E-state index in [0.29, 0.717) is 5.92 Å². The zero-order chi connectivity index (χ0) is 9.90. The molecular weight excluding hydrogens is 164 g/mol. The van der Waals surface area contributed by atoms with E-state index in [0.717, 1.165) is 0 Å². The first-order chi connectivity index (χ1) is 6.08. The van der Waals surface area contributed by atoms with E-state index < -0.39 is 0 Å². The number of nitrogens with two attached hydrogens (primary N) is 1. The first-order valence-electron chi connectivity index (χ1n) is 4.45. The molecule has 3 nitrogen and oxygen atoms in total. The summed E-state index contributed by atoms with van der Waals surface area (Å²) in [5.74, 6) is 0.183. The molecule has 0 aromatic carbocycles. The Morgan fingerprint density at radius 2 is 2.31 bits per heavy atom. The van der Waals surface area contributed by atoms with Gasteiger partial charge in [-0.05, 0) is 6.92 Å². The average molecular weight is 180 g/mol. The molecule has 0 saturated carbocycles. The third-order valence-corrected chi connectivity index (χ3v) is 2.49. The molecule has 0 aromatic rings. The molecule has 72 valence electrons. The van der Waals surface area contributed by atoms with Gasteiger partial charge in [0.15, 0.2) is 0 Å². The Bertz CT molecular complexity index is 258. The Balaban J connectivity index is 2.70. The van der Waals surface area contributed by atoms with E-state index in [2.05, 4.69) is 18.3 Å². The number of hydrogen-bond donors (Lipinski definition) is 2. The van der Waals surface area contributed by atoms with Crippen LogP contribution in [0.25, 0.3) is 0 Å². The van der Waals surface area contributed by atoms with Crippen LogP contribution in [0.3, 0.4) is 0 Å². The monoisotopic (exact) mass is 180 g/mol. The lowest BCUT2D eigenvalue weighted by atomic mass is 9.83. The second kappa shape index (κ2) is 3.75. The molecule has 13 heavy (non-hydrogen) atoms. The first-order valence-corrected chi connectivity index (χ1v) is 4.45. The van der Waals surface area contributed by atoms with Crippen LogP contribution in [0.2, 0.25) is 0 Å². The molecule has 0 bridgehead atoms. The van der Waals surface area contributed by atoms with Gasteiger partial charge in [0.2, 0.25) is 5.91 Å². The molecule has 3 heteroatoms. The summed E-state index contributed by atoms with van der Waals surface area (Å²) < 4.78 is 0. The molecule has 0 fully saturated rings. The van der Waals surface area contributed by atoms with Gasteiger partial charge in [0, 0.05) is 5.92 Å². The van der Waals surface area contributed by atoms with Gasteiger partial charge in [0.1, 0.15) is 0 Å². The van der Waals surface area contributed by atoms with Gasteiger partial charge in [0.05, 0.1) is 12.1 Å². The largest absolute Gasteiger partial charge is 0.346 e. The zero-order valence-electron chi connectivity index (χ0n) is 8.08. The fourth-order valence-electron chi connectivity index (χ4n) is 1.34. The van der Waals surface area contributed by atoms with Gasteiger partial charge < -0.3 is 11.1 Å². The Kier molecular flexibility index (Phi) is 2.88. The lowest BCUT2D eigenvalue weighted by Crippen LogP contribution is -2.51. The van der Waals surface area contributed by atoms with Gasteiger partial charge in [-0.15, -0.1) is 0 Å². The molecule has 0 aromatic heterocycles. The van der Waals surface area contributed by atoms with Crippen molar-refractivity contribution in [3.8, 4) is 0 Å². The summed E-state index contributed by atoms with van der Waals surface area (Å²) in [5, 5.41) is 2.89. The minimum atomic E-state index is -0.287. The number of hydrogen-bond acceptors (Lipinski definition) is 2. The van der Waals surface area contributed by atoms with Crippen LogP contribution < -0.4 is 11.1 Å². The third-order valence-electron chi connectivity index (χ3n) is 2.49. The maximum Gasteiger partial charge on any atom is 0.234 e. The predicted molar refractivity (Wildman–Crippen MR) is 53.0 cm³/mol. The second-order valence-corrected chi connectivity index (χ2v) is 3.57. The minimum Gasteiger partial charge on any atom is -0.346 e. The second-order valence-electron chi connectivity index (χ2n) is 3.57. The number of carbonyl (C=O) groups excluding carboxylic acids is 1. The molecule has 0 heterocycles. The summed E-state index contributed by atoms with van der Waals surface area (Å²) in [6, 6.07) is 0. The van der Waals surface area contributed by atoms with Gasteiger partial charge in [-0.3, -0.25) is 4.79 Å². The summed E-state index contributed by atoms with van der Waals surface area (Å²) >= 11 is 0. The summed E-state index contributed by atoms with van der Waals surface area (Å²) in [6.45, 7) is 4.10. The molecule has 0 saturated heterocycles. The van der Waals surface area contributed by atoms with Crippen molar-refractivity contribution in [2.75, 3.05) is 6.54 Å². The van der Waals surface area contributed by atoms with E-state index in [1.165, 1.54) is 0 Å². The molecule has 2 atom stereocenters. The smallest absolute Gasteiger partial charge is 0.234 e. The molecule has 1 rings (SSSR count). The van der Waals surface area contributed by atoms with Crippen molar-refractivity contribution in [1.82, 2.24) is 5.32 Å². The molecular formula is C10H16N2O. The van der Waals surface area contributed by atoms with Crippen LogP contribution in [0, 0.1) is 5.92 Å². The molecule has 1 aliphatic rings. The number of carbonyl (C=O) groups is 1. The molecule has 1 amide bonds. The number of nitrogens with one attached hydrogen (secondary N) is 1. The van der Waals surface area contributed by atoms with Crippen LogP contribution in [0.4, 0.5) is 0 Å². The van der Waals surface area contributed by atoms with Crippen molar-refractivity contribution in [2.45, 2.75) is 19.4 Å². The van der Waals surface area contributed by atoms with Crippen LogP contribution in [0.1, 0.15) is 13.8 Å². The van der Waals surface area contributed by atoms with Crippen LogP contribution in [0.5, 0.6) is 0 Å². The highest BCUT2D eigenvalue weighted by Crippen LogP contribution is 2.23. The molecule has 0 spiro atoms. The standard InChI is InChI=1S/C10H16N2O/c1-8-5-3-4-6-10(8,2)12-9(13)7-11/h3-6,8H,7,11H2,1-2H3,(H,12,13). The molecule has 0 radical (unpaired) electrons. The lowest BCUT2D eigenvalue weighted by Gasteiger charge is -2.33. The van der Waals surface area contributed by atoms with Gasteiger partial charge in [0.25, 0.3) is 0 Å². The van der Waals surface area contributed by atoms with E-state index in [4.69, 9.17) is 5.73 Å². The maximum absolute atomic E-state index is 11.1. The van der Waals surface area contributed by atoms with Crippen LogP contribution >= 0.6 is 0 Å². The fourth-order valence-corrected chi connectivity index (χ4v) is 1.34. The van der Waals surface area contributed by atoms with Gasteiger partial charge in [-0.1, -0.05) is 31.2 Å². The summed E-state index contributed by atoms with van der Waals surface area (Å²) in [6.07, 6.45) is 7.99. The van der Waals surface area contributed by atoms with Crippen molar-refractivity contribution < 1.29 is 4.79 Å². The minimum absolute atomic E-state index is 0.0415. The van der Waals surface area contributed by atoms with Crippen LogP contribution in [-0.4, -0.2) is 18.0 Å². The SMILES string of the molecule is CC1C=CC=CC1(C)NC(=O)CN. The van der Waals surface area contributed by atoms with Gasteiger partial charge in [-0.2, -0.15) is 0 Å². The number of amides is 1. The van der Waals surface area contributed by atoms with Gasteiger partial charge in [-0.25, -0.2) is 0 Å². The van der Waals surface area contributed by atoms with Crippen molar-refractivity contribution in [2.24, 2.45) is 11.7 Å². The molecule has 0 aliphatic heterocycles. The van der Waals surface area contributed by atoms with Crippen molar-refractivity contribution in [3.05, 3.63) is 24.3 Å². The number of allylic oxidation sites excluding steroid dienone is 2. The van der Waals surface area contributed by atoms with Crippen molar-refractivity contribution in [1.29, 1.82) is 0 Å². The molecule has 2 unspecified atom stereocenters. The highest BCUT2D eigenvalue weighted by molar-refractivity contribution is 5.79. The van der Waals surface area contributed by atoms with Crippen LogP contribution in [0.15, 0.2) is 24.3 Å². The highest BCUT2D eigenvalue weighted by Gasteiger charge is 2.29. The van der Waals surface area contributed by atoms with Crippen molar-refractivity contribution >= 4 is 5.91 Å². The Morgan fingerprint density at radius 1 is 1.62 bits per heavy atom.